The molecule has 2 aliphatic rings. The second-order valence-corrected chi connectivity index (χ2v) is 7.73. The quantitative estimate of drug-likeness (QED) is 0.482. The van der Waals surface area contributed by atoms with E-state index < -0.39 is 0 Å². The second kappa shape index (κ2) is 6.02. The molecule has 1 saturated carbocycles. The Kier molecular flexibility index (Phi) is 4.34. The van der Waals surface area contributed by atoms with E-state index in [1.165, 1.54) is 34.9 Å². The first kappa shape index (κ1) is 13.7. The molecule has 1 aromatic heterocycles. The van der Waals surface area contributed by atoms with Crippen molar-refractivity contribution >= 4 is 23.5 Å². The zero-order valence-electron chi connectivity index (χ0n) is 11.5. The molecular formula is C14H20N2OS2. The standard InChI is InChI=1S/C14H20N2OS2/c1-9-3-4-10-11(7-9)19-14-12(10)13(15-8-16-14)18-6-5-17-2/h8-11H,3-7H2,1-2H3. The van der Waals surface area contributed by atoms with Crippen molar-refractivity contribution in [3.05, 3.63) is 11.9 Å². The summed E-state index contributed by atoms with van der Waals surface area (Å²) in [6, 6.07) is 0. The van der Waals surface area contributed by atoms with Gasteiger partial charge < -0.3 is 4.74 Å². The van der Waals surface area contributed by atoms with Crippen molar-refractivity contribution in [2.24, 2.45) is 5.92 Å². The van der Waals surface area contributed by atoms with Gasteiger partial charge in [-0.3, -0.25) is 0 Å². The van der Waals surface area contributed by atoms with Crippen LogP contribution < -0.4 is 0 Å². The smallest absolute Gasteiger partial charge is 0.118 e. The van der Waals surface area contributed by atoms with Crippen molar-refractivity contribution in [3.63, 3.8) is 0 Å². The summed E-state index contributed by atoms with van der Waals surface area (Å²) in [7, 11) is 1.75. The minimum atomic E-state index is 0.683. The Labute approximate surface area is 123 Å². The van der Waals surface area contributed by atoms with Crippen LogP contribution in [0.5, 0.6) is 0 Å². The molecule has 0 spiro atoms. The normalized spacial score (nSPS) is 29.1. The molecule has 3 nitrogen and oxygen atoms in total. The van der Waals surface area contributed by atoms with Crippen LogP contribution >= 0.6 is 23.5 Å². The molecule has 1 aromatic rings. The van der Waals surface area contributed by atoms with E-state index in [9.17, 15) is 0 Å². The van der Waals surface area contributed by atoms with E-state index in [1.54, 1.807) is 13.4 Å². The van der Waals surface area contributed by atoms with Gasteiger partial charge in [0.1, 0.15) is 16.4 Å². The fourth-order valence-corrected chi connectivity index (χ4v) is 5.71. The van der Waals surface area contributed by atoms with Crippen LogP contribution in [0.4, 0.5) is 0 Å². The maximum atomic E-state index is 5.13. The molecular weight excluding hydrogens is 276 g/mol. The largest absolute Gasteiger partial charge is 0.384 e. The number of ether oxygens (including phenoxy) is 1. The first-order valence-corrected chi connectivity index (χ1v) is 8.79. The summed E-state index contributed by atoms with van der Waals surface area (Å²) in [5.74, 6) is 2.52. The van der Waals surface area contributed by atoms with Crippen LogP contribution in [0.1, 0.15) is 37.7 Å². The Morgan fingerprint density at radius 3 is 3.16 bits per heavy atom. The third kappa shape index (κ3) is 2.78. The number of hydrogen-bond acceptors (Lipinski definition) is 5. The van der Waals surface area contributed by atoms with Crippen LogP contribution in [-0.4, -0.2) is 34.7 Å². The highest BCUT2D eigenvalue weighted by Crippen LogP contribution is 2.54. The van der Waals surface area contributed by atoms with Crippen LogP contribution in [0.3, 0.4) is 0 Å². The van der Waals surface area contributed by atoms with Gasteiger partial charge in [-0.2, -0.15) is 0 Å². The average molecular weight is 296 g/mol. The van der Waals surface area contributed by atoms with Crippen LogP contribution in [0.2, 0.25) is 0 Å². The molecule has 0 bridgehead atoms. The molecule has 3 rings (SSSR count). The molecule has 1 fully saturated rings. The van der Waals surface area contributed by atoms with Crippen molar-refractivity contribution < 1.29 is 4.74 Å². The zero-order valence-corrected chi connectivity index (χ0v) is 13.1. The highest BCUT2D eigenvalue weighted by molar-refractivity contribution is 8.00. The number of fused-ring (bicyclic) bond motifs is 3. The molecule has 0 amide bonds. The van der Waals surface area contributed by atoms with Crippen molar-refractivity contribution in [3.8, 4) is 0 Å². The number of thioether (sulfide) groups is 2. The van der Waals surface area contributed by atoms with Gasteiger partial charge in [0.2, 0.25) is 0 Å². The van der Waals surface area contributed by atoms with E-state index in [-0.39, 0.29) is 0 Å². The fraction of sp³-hybridized carbons (Fsp3) is 0.714. The number of nitrogens with zero attached hydrogens (tertiary/aromatic N) is 2. The van der Waals surface area contributed by atoms with Crippen LogP contribution in [0.15, 0.2) is 16.4 Å². The summed E-state index contributed by atoms with van der Waals surface area (Å²) in [6.45, 7) is 3.15. The maximum Gasteiger partial charge on any atom is 0.118 e. The number of hydrogen-bond donors (Lipinski definition) is 0. The van der Waals surface area contributed by atoms with Crippen LogP contribution in [0, 0.1) is 5.92 Å². The van der Waals surface area contributed by atoms with Gasteiger partial charge in [0.05, 0.1) is 6.61 Å². The van der Waals surface area contributed by atoms with E-state index >= 15 is 0 Å². The van der Waals surface area contributed by atoms with Crippen molar-refractivity contribution in [1.29, 1.82) is 0 Å². The predicted molar refractivity (Wildman–Crippen MR) is 80.0 cm³/mol. The van der Waals surface area contributed by atoms with Gasteiger partial charge in [-0.05, 0) is 18.8 Å². The lowest BCUT2D eigenvalue weighted by Gasteiger charge is -2.29. The van der Waals surface area contributed by atoms with Gasteiger partial charge >= 0.3 is 0 Å². The molecule has 0 radical (unpaired) electrons. The lowest BCUT2D eigenvalue weighted by molar-refractivity contribution is 0.218. The second-order valence-electron chi connectivity index (χ2n) is 5.42. The zero-order chi connectivity index (χ0) is 13.2. The van der Waals surface area contributed by atoms with Gasteiger partial charge in [0.15, 0.2) is 0 Å². The van der Waals surface area contributed by atoms with Crippen LogP contribution in [-0.2, 0) is 4.74 Å². The Balaban J connectivity index is 1.81. The molecule has 0 saturated heterocycles. The Morgan fingerprint density at radius 1 is 1.42 bits per heavy atom. The SMILES string of the molecule is COCCSc1ncnc2c1C1CCC(C)CC1S2. The van der Waals surface area contributed by atoms with E-state index in [1.807, 2.05) is 23.5 Å². The average Bonchev–Trinajstić information content (AvgIpc) is 2.77. The number of methoxy groups -OCH3 is 1. The molecule has 1 aliphatic carbocycles. The summed E-state index contributed by atoms with van der Waals surface area (Å²) in [5.41, 5.74) is 1.44. The number of aromatic nitrogens is 2. The Morgan fingerprint density at radius 2 is 2.32 bits per heavy atom. The van der Waals surface area contributed by atoms with Crippen LogP contribution in [0.25, 0.3) is 0 Å². The predicted octanol–water partition coefficient (Wildman–Crippen LogP) is 3.59. The maximum absolute atomic E-state index is 5.13. The lowest BCUT2D eigenvalue weighted by atomic mass is 9.80. The summed E-state index contributed by atoms with van der Waals surface area (Å²) < 4.78 is 5.13. The molecule has 5 heteroatoms. The summed E-state index contributed by atoms with van der Waals surface area (Å²) >= 11 is 3.80. The molecule has 0 N–H and O–H groups in total. The van der Waals surface area contributed by atoms with Gasteiger partial charge in [-0.15, -0.1) is 23.5 Å². The summed E-state index contributed by atoms with van der Waals surface area (Å²) in [5, 5.41) is 3.16. The molecule has 2 heterocycles. The molecule has 19 heavy (non-hydrogen) atoms. The highest BCUT2D eigenvalue weighted by Gasteiger charge is 2.40. The minimum Gasteiger partial charge on any atom is -0.384 e. The van der Waals surface area contributed by atoms with E-state index in [4.69, 9.17) is 4.74 Å². The van der Waals surface area contributed by atoms with E-state index in [0.717, 1.165) is 23.5 Å². The third-order valence-corrected chi connectivity index (χ3v) is 6.37. The van der Waals surface area contributed by atoms with E-state index in [0.29, 0.717) is 5.92 Å². The molecule has 3 atom stereocenters. The van der Waals surface area contributed by atoms with Gasteiger partial charge in [0.25, 0.3) is 0 Å². The summed E-state index contributed by atoms with van der Waals surface area (Å²) in [6.07, 6.45) is 5.70. The molecule has 104 valence electrons. The Bertz CT molecular complexity index is 455. The third-order valence-electron chi connectivity index (χ3n) is 4.02. The monoisotopic (exact) mass is 296 g/mol. The molecule has 3 unspecified atom stereocenters. The fourth-order valence-electron chi connectivity index (χ4n) is 3.04. The number of rotatable bonds is 4. The Hall–Kier alpha value is -0.260. The van der Waals surface area contributed by atoms with Gasteiger partial charge in [-0.25, -0.2) is 9.97 Å². The molecule has 1 aliphatic heterocycles. The minimum absolute atomic E-state index is 0.683. The van der Waals surface area contributed by atoms with Gasteiger partial charge in [-0.1, -0.05) is 13.3 Å². The topological polar surface area (TPSA) is 35.0 Å². The first-order chi connectivity index (χ1) is 9.29. The van der Waals surface area contributed by atoms with E-state index in [2.05, 4.69) is 16.9 Å². The van der Waals surface area contributed by atoms with Crippen molar-refractivity contribution in [2.45, 2.75) is 47.4 Å². The van der Waals surface area contributed by atoms with Gasteiger partial charge in [0, 0.05) is 29.6 Å². The highest BCUT2D eigenvalue weighted by atomic mass is 32.2. The molecule has 0 aromatic carbocycles. The summed E-state index contributed by atoms with van der Waals surface area (Å²) in [4.78, 5) is 9.02. The lowest BCUT2D eigenvalue weighted by Crippen LogP contribution is -2.21. The van der Waals surface area contributed by atoms with Crippen molar-refractivity contribution in [2.75, 3.05) is 19.5 Å². The first-order valence-electron chi connectivity index (χ1n) is 6.93. The van der Waals surface area contributed by atoms with Crippen molar-refractivity contribution in [1.82, 2.24) is 9.97 Å².